The van der Waals surface area contributed by atoms with Gasteiger partial charge in [-0.25, -0.2) is 0 Å². The first-order valence-corrected chi connectivity index (χ1v) is 4.64. The molecule has 1 radical (unpaired) electrons. The first-order valence-electron chi connectivity index (χ1n) is 4.23. The summed E-state index contributed by atoms with van der Waals surface area (Å²) in [6.45, 7) is 2.13. The quantitative estimate of drug-likeness (QED) is 0.758. The Hall–Kier alpha value is -0.760. The van der Waals surface area contributed by atoms with Gasteiger partial charge in [-0.3, -0.25) is 0 Å². The molecule has 1 nitrogen and oxygen atoms in total. The summed E-state index contributed by atoms with van der Waals surface area (Å²) in [5.41, 5.74) is 0.976. The van der Waals surface area contributed by atoms with Crippen LogP contribution in [0, 0.1) is 0 Å². The maximum absolute atomic E-state index is 9.52. The van der Waals surface area contributed by atoms with Gasteiger partial charge in [-0.15, -0.1) is 0 Å². The number of aromatic hydroxyl groups is 1. The van der Waals surface area contributed by atoms with Gasteiger partial charge in [0, 0.05) is 0 Å². The van der Waals surface area contributed by atoms with Gasteiger partial charge in [0.25, 0.3) is 0 Å². The standard InChI is InChI=1S/C10H13OS/c1-2-3-5-8-6-4-7-9(12)10(8)11/h4,6-7,11H,2-3,5H2,1H3. The van der Waals surface area contributed by atoms with E-state index in [0.717, 1.165) is 24.8 Å². The normalized spacial score (nSPS) is 10.1. The molecule has 1 rings (SSSR count). The van der Waals surface area contributed by atoms with Crippen molar-refractivity contribution in [2.75, 3.05) is 0 Å². The third-order valence-electron chi connectivity index (χ3n) is 1.88. The number of para-hydroxylation sites is 1. The highest BCUT2D eigenvalue weighted by Gasteiger charge is 2.03. The number of phenolic OH excluding ortho intramolecular Hbond substituents is 1. The number of benzene rings is 1. The molecule has 2 heteroatoms. The van der Waals surface area contributed by atoms with Gasteiger partial charge in [0.1, 0.15) is 5.75 Å². The van der Waals surface area contributed by atoms with Gasteiger partial charge in [0.2, 0.25) is 0 Å². The predicted molar refractivity (Wildman–Crippen MR) is 52.6 cm³/mol. The summed E-state index contributed by atoms with van der Waals surface area (Å²) in [5, 5.41) is 9.52. The van der Waals surface area contributed by atoms with E-state index < -0.39 is 0 Å². The molecular formula is C10H13OS. The van der Waals surface area contributed by atoms with Gasteiger partial charge < -0.3 is 5.11 Å². The molecule has 0 saturated carbocycles. The fourth-order valence-electron chi connectivity index (χ4n) is 1.14. The number of unbranched alkanes of at least 4 members (excludes halogenated alkanes) is 1. The summed E-state index contributed by atoms with van der Waals surface area (Å²) in [4.78, 5) is 0.559. The van der Waals surface area contributed by atoms with E-state index in [9.17, 15) is 5.11 Å². The Morgan fingerprint density at radius 3 is 2.83 bits per heavy atom. The molecule has 12 heavy (non-hydrogen) atoms. The summed E-state index contributed by atoms with van der Waals surface area (Å²) in [6.07, 6.45) is 3.17. The highest BCUT2D eigenvalue weighted by atomic mass is 32.1. The van der Waals surface area contributed by atoms with Crippen molar-refractivity contribution in [3.05, 3.63) is 23.8 Å². The van der Waals surface area contributed by atoms with Crippen LogP contribution in [-0.4, -0.2) is 5.11 Å². The minimum atomic E-state index is 0.293. The molecule has 65 valence electrons. The molecule has 0 aromatic heterocycles. The van der Waals surface area contributed by atoms with Gasteiger partial charge in [-0.05, 0) is 24.5 Å². The predicted octanol–water partition coefficient (Wildman–Crippen LogP) is 3.29. The lowest BCUT2D eigenvalue weighted by atomic mass is 10.1. The van der Waals surface area contributed by atoms with Crippen LogP contribution in [0.25, 0.3) is 0 Å². The molecule has 0 amide bonds. The van der Waals surface area contributed by atoms with Crippen LogP contribution in [0.3, 0.4) is 0 Å². The van der Waals surface area contributed by atoms with Crippen LogP contribution in [0.15, 0.2) is 23.1 Å². The molecule has 0 atom stereocenters. The van der Waals surface area contributed by atoms with Crippen molar-refractivity contribution < 1.29 is 5.11 Å². The molecule has 0 bridgehead atoms. The monoisotopic (exact) mass is 181 g/mol. The summed E-state index contributed by atoms with van der Waals surface area (Å²) in [5.74, 6) is 0.293. The van der Waals surface area contributed by atoms with Gasteiger partial charge in [0.15, 0.2) is 0 Å². The van der Waals surface area contributed by atoms with Crippen molar-refractivity contribution in [2.45, 2.75) is 31.1 Å². The van der Waals surface area contributed by atoms with Crippen LogP contribution < -0.4 is 0 Å². The molecule has 0 saturated heterocycles. The Balaban J connectivity index is 2.78. The van der Waals surface area contributed by atoms with Crippen molar-refractivity contribution in [1.29, 1.82) is 0 Å². The summed E-state index contributed by atoms with van der Waals surface area (Å²) in [7, 11) is 0. The van der Waals surface area contributed by atoms with E-state index in [4.69, 9.17) is 12.6 Å². The highest BCUT2D eigenvalue weighted by molar-refractivity contribution is 7.80. The maximum atomic E-state index is 9.52. The molecule has 0 heterocycles. The average molecular weight is 181 g/mol. The second-order valence-corrected chi connectivity index (χ2v) is 3.31. The molecule has 1 aromatic carbocycles. The molecule has 0 fully saturated rings. The highest BCUT2D eigenvalue weighted by Crippen LogP contribution is 2.26. The third-order valence-corrected chi connectivity index (χ3v) is 2.21. The lowest BCUT2D eigenvalue weighted by molar-refractivity contribution is 0.454. The van der Waals surface area contributed by atoms with Gasteiger partial charge in [0.05, 0.1) is 4.90 Å². The molecule has 1 N–H and O–H groups in total. The van der Waals surface area contributed by atoms with Crippen molar-refractivity contribution in [2.24, 2.45) is 0 Å². The zero-order valence-corrected chi connectivity index (χ0v) is 8.03. The van der Waals surface area contributed by atoms with Gasteiger partial charge in [-0.2, -0.15) is 0 Å². The molecule has 0 spiro atoms. The number of aryl methyl sites for hydroxylation is 1. The van der Waals surface area contributed by atoms with Crippen LogP contribution in [0.4, 0.5) is 0 Å². The number of hydrogen-bond acceptors (Lipinski definition) is 1. The lowest BCUT2D eigenvalue weighted by Gasteiger charge is -2.04. The van der Waals surface area contributed by atoms with E-state index in [2.05, 4.69) is 6.92 Å². The lowest BCUT2D eigenvalue weighted by Crippen LogP contribution is -1.85. The molecular weight excluding hydrogens is 168 g/mol. The van der Waals surface area contributed by atoms with E-state index in [1.807, 2.05) is 12.1 Å². The topological polar surface area (TPSA) is 20.2 Å². The van der Waals surface area contributed by atoms with Crippen LogP contribution >= 0.6 is 12.6 Å². The average Bonchev–Trinajstić information content (AvgIpc) is 2.08. The fourth-order valence-corrected chi connectivity index (χ4v) is 1.35. The van der Waals surface area contributed by atoms with Crippen molar-refractivity contribution in [3.8, 4) is 5.75 Å². The van der Waals surface area contributed by atoms with Gasteiger partial charge >= 0.3 is 0 Å². The van der Waals surface area contributed by atoms with E-state index >= 15 is 0 Å². The Kier molecular flexibility index (Phi) is 3.35. The first kappa shape index (κ1) is 9.33. The Bertz CT molecular complexity index is 258. The number of rotatable bonds is 3. The van der Waals surface area contributed by atoms with Crippen molar-refractivity contribution >= 4 is 12.6 Å². The fraction of sp³-hybridized carbons (Fsp3) is 0.400. The van der Waals surface area contributed by atoms with Gasteiger partial charge in [-0.1, -0.05) is 38.1 Å². The second-order valence-electron chi connectivity index (χ2n) is 2.87. The first-order chi connectivity index (χ1) is 5.75. The van der Waals surface area contributed by atoms with Crippen molar-refractivity contribution in [3.63, 3.8) is 0 Å². The molecule has 0 aliphatic carbocycles. The Morgan fingerprint density at radius 2 is 2.17 bits per heavy atom. The maximum Gasteiger partial charge on any atom is 0.136 e. The molecule has 0 aliphatic rings. The molecule has 1 aromatic rings. The van der Waals surface area contributed by atoms with E-state index in [1.54, 1.807) is 6.07 Å². The Labute approximate surface area is 78.8 Å². The van der Waals surface area contributed by atoms with E-state index in [0.29, 0.717) is 10.6 Å². The minimum Gasteiger partial charge on any atom is -0.506 e. The zero-order chi connectivity index (χ0) is 8.97. The van der Waals surface area contributed by atoms with Crippen LogP contribution in [0.5, 0.6) is 5.75 Å². The van der Waals surface area contributed by atoms with E-state index in [-0.39, 0.29) is 0 Å². The zero-order valence-electron chi connectivity index (χ0n) is 7.21. The van der Waals surface area contributed by atoms with Crippen LogP contribution in [0.2, 0.25) is 0 Å². The summed E-state index contributed by atoms with van der Waals surface area (Å²) in [6, 6.07) is 5.58. The number of hydrogen-bond donors (Lipinski definition) is 1. The largest absolute Gasteiger partial charge is 0.506 e. The summed E-state index contributed by atoms with van der Waals surface area (Å²) < 4.78 is 0. The SMILES string of the molecule is CCCCc1cccc([S])c1O. The van der Waals surface area contributed by atoms with Crippen LogP contribution in [0.1, 0.15) is 25.3 Å². The van der Waals surface area contributed by atoms with E-state index in [1.165, 1.54) is 0 Å². The van der Waals surface area contributed by atoms with Crippen molar-refractivity contribution in [1.82, 2.24) is 0 Å². The molecule has 0 unspecified atom stereocenters. The van der Waals surface area contributed by atoms with Crippen LogP contribution in [-0.2, 0) is 6.42 Å². The summed E-state index contributed by atoms with van der Waals surface area (Å²) >= 11 is 4.94. The Morgan fingerprint density at radius 1 is 1.42 bits per heavy atom. The second kappa shape index (κ2) is 4.31. The third kappa shape index (κ3) is 2.11. The smallest absolute Gasteiger partial charge is 0.136 e. The minimum absolute atomic E-state index is 0.293. The number of phenols is 1. The molecule has 0 aliphatic heterocycles.